The molecule has 0 heterocycles. The van der Waals surface area contributed by atoms with Crippen LogP contribution in [0.25, 0.3) is 0 Å². The number of ketones is 2. The second-order valence-electron chi connectivity index (χ2n) is 14.0. The fourth-order valence-electron chi connectivity index (χ4n) is 7.23. The fraction of sp³-hybridized carbons (Fsp3) is 0.629. The van der Waals surface area contributed by atoms with Gasteiger partial charge in [-0.05, 0) is 71.5 Å². The van der Waals surface area contributed by atoms with Crippen LogP contribution < -0.4 is 4.74 Å². The fourth-order valence-corrected chi connectivity index (χ4v) is 10.6. The van der Waals surface area contributed by atoms with E-state index in [9.17, 15) is 31.5 Å². The number of allylic oxidation sites excluding steroid dienone is 4. The summed E-state index contributed by atoms with van der Waals surface area (Å²) in [5, 5.41) is -0.928. The van der Waals surface area contributed by atoms with E-state index < -0.39 is 82.6 Å². The van der Waals surface area contributed by atoms with E-state index in [2.05, 4.69) is 20.8 Å². The molecule has 4 atom stereocenters. The number of halogens is 5. The van der Waals surface area contributed by atoms with Gasteiger partial charge in [0.25, 0.3) is 0 Å². The summed E-state index contributed by atoms with van der Waals surface area (Å²) in [5.74, 6) is -14.7. The zero-order valence-corrected chi connectivity index (χ0v) is 31.0. The number of ether oxygens (including phenoxy) is 3. The Kier molecular flexibility index (Phi) is 12.5. The molecular weight excluding hydrogens is 672 g/mol. The van der Waals surface area contributed by atoms with Gasteiger partial charge < -0.3 is 18.6 Å². The molecule has 0 aliphatic heterocycles. The van der Waals surface area contributed by atoms with E-state index in [-0.39, 0.29) is 30.8 Å². The third kappa shape index (κ3) is 7.57. The van der Waals surface area contributed by atoms with Crippen molar-refractivity contribution >= 4 is 37.3 Å². The van der Waals surface area contributed by atoms with Crippen molar-refractivity contribution in [2.75, 3.05) is 7.11 Å². The first kappa shape index (κ1) is 39.8. The summed E-state index contributed by atoms with van der Waals surface area (Å²) < 4.78 is 93.9. The molecule has 1 saturated carbocycles. The molecule has 0 saturated heterocycles. The van der Waals surface area contributed by atoms with Gasteiger partial charge in [0.15, 0.2) is 19.9 Å². The molecule has 2 aliphatic carbocycles. The van der Waals surface area contributed by atoms with Crippen molar-refractivity contribution in [3.63, 3.8) is 0 Å². The van der Waals surface area contributed by atoms with Crippen LogP contribution in [0.4, 0.5) is 22.0 Å². The lowest BCUT2D eigenvalue weighted by Gasteiger charge is -2.54. The number of thiocarbonyl (C=S) groups is 1. The summed E-state index contributed by atoms with van der Waals surface area (Å²) >= 11 is 5.16. The number of carbonyl (C=O) groups is 2. The standard InChI is InChI=1S/C35H47F5O6SSi/c1-10-48(11-2,12-3)46-33(6,7)15-13-16-34(8)23(44-32(47)45-30-28(39)26(37)25(36)27(38)29(30)40)19-35(17-14-20(4)5)22(43-9)18-21(41)24(34)31(35)42/h14,18,23-24H,10-13,15-17,19H2,1-9H3. The minimum Gasteiger partial charge on any atom is -0.500 e. The van der Waals surface area contributed by atoms with Crippen LogP contribution in [0, 0.1) is 45.8 Å². The summed E-state index contributed by atoms with van der Waals surface area (Å²) in [6.45, 7) is 15.9. The molecule has 0 radical (unpaired) electrons. The molecule has 48 heavy (non-hydrogen) atoms. The Labute approximate surface area is 286 Å². The van der Waals surface area contributed by atoms with E-state index in [0.29, 0.717) is 12.8 Å². The molecule has 268 valence electrons. The smallest absolute Gasteiger partial charge is 0.358 e. The summed E-state index contributed by atoms with van der Waals surface area (Å²) in [5.41, 5.74) is -2.15. The second kappa shape index (κ2) is 15.1. The van der Waals surface area contributed by atoms with Gasteiger partial charge in [-0.15, -0.1) is 0 Å². The number of rotatable bonds is 14. The lowest BCUT2D eigenvalue weighted by atomic mass is 9.50. The van der Waals surface area contributed by atoms with Gasteiger partial charge in [-0.2, -0.15) is 8.78 Å². The Morgan fingerprint density at radius 2 is 1.54 bits per heavy atom. The first-order valence-electron chi connectivity index (χ1n) is 16.4. The van der Waals surface area contributed by atoms with Gasteiger partial charge in [0.2, 0.25) is 34.8 Å². The third-order valence-corrected chi connectivity index (χ3v) is 15.3. The monoisotopic (exact) mass is 718 g/mol. The molecule has 6 nitrogen and oxygen atoms in total. The summed E-state index contributed by atoms with van der Waals surface area (Å²) in [6.07, 6.45) is 3.60. The number of methoxy groups -OCH3 is 1. The van der Waals surface area contributed by atoms with Crippen LogP contribution in [0.2, 0.25) is 18.1 Å². The van der Waals surface area contributed by atoms with Gasteiger partial charge in [0.1, 0.15) is 11.9 Å². The van der Waals surface area contributed by atoms with E-state index in [4.69, 9.17) is 30.9 Å². The Bertz CT molecular complexity index is 1450. The molecule has 2 aliphatic rings. The Morgan fingerprint density at radius 3 is 2.04 bits per heavy atom. The average molecular weight is 719 g/mol. The second-order valence-corrected chi connectivity index (χ2v) is 19.0. The topological polar surface area (TPSA) is 71.1 Å². The van der Waals surface area contributed by atoms with Gasteiger partial charge >= 0.3 is 5.24 Å². The normalized spacial score (nSPS) is 24.2. The minimum atomic E-state index is -2.35. The molecule has 13 heteroatoms. The van der Waals surface area contributed by atoms with Crippen molar-refractivity contribution in [2.45, 2.75) is 117 Å². The molecule has 1 aromatic carbocycles. The number of benzene rings is 1. The van der Waals surface area contributed by atoms with E-state index in [0.717, 1.165) is 23.7 Å². The first-order valence-corrected chi connectivity index (χ1v) is 19.3. The van der Waals surface area contributed by atoms with Crippen LogP contribution in [0.3, 0.4) is 0 Å². The average Bonchev–Trinajstić information content (AvgIpc) is 3.03. The number of hydrogen-bond donors (Lipinski definition) is 0. The molecule has 2 bridgehead atoms. The predicted octanol–water partition coefficient (Wildman–Crippen LogP) is 9.45. The first-order chi connectivity index (χ1) is 22.3. The quantitative estimate of drug-likeness (QED) is 0.0361. The van der Waals surface area contributed by atoms with Crippen molar-refractivity contribution in [3.8, 4) is 5.75 Å². The lowest BCUT2D eigenvalue weighted by molar-refractivity contribution is -0.163. The van der Waals surface area contributed by atoms with Crippen LogP contribution in [0.5, 0.6) is 5.75 Å². The van der Waals surface area contributed by atoms with Crippen molar-refractivity contribution in [1.29, 1.82) is 0 Å². The van der Waals surface area contributed by atoms with Crippen LogP contribution in [-0.4, -0.2) is 43.9 Å². The molecule has 0 spiro atoms. The van der Waals surface area contributed by atoms with Crippen LogP contribution in [0.1, 0.15) is 87.5 Å². The van der Waals surface area contributed by atoms with E-state index in [1.807, 2.05) is 33.8 Å². The van der Waals surface area contributed by atoms with E-state index >= 15 is 0 Å². The number of carbonyl (C=O) groups excluding carboxylic acids is 2. The van der Waals surface area contributed by atoms with Crippen molar-refractivity contribution < 1.29 is 50.2 Å². The zero-order valence-electron chi connectivity index (χ0n) is 29.2. The molecule has 4 unspecified atom stereocenters. The molecule has 1 fully saturated rings. The van der Waals surface area contributed by atoms with Crippen molar-refractivity contribution in [1.82, 2.24) is 0 Å². The maximum atomic E-state index is 14.5. The van der Waals surface area contributed by atoms with Gasteiger partial charge in [0, 0.05) is 30.1 Å². The van der Waals surface area contributed by atoms with Gasteiger partial charge in [-0.25, -0.2) is 13.2 Å². The highest BCUT2D eigenvalue weighted by Gasteiger charge is 2.65. The molecule has 1 aromatic rings. The predicted molar refractivity (Wildman–Crippen MR) is 178 cm³/mol. The van der Waals surface area contributed by atoms with Gasteiger partial charge in [0.05, 0.1) is 24.0 Å². The Morgan fingerprint density at radius 1 is 1.00 bits per heavy atom. The highest BCUT2D eigenvalue weighted by Crippen LogP contribution is 2.58. The molecule has 0 N–H and O–H groups in total. The lowest BCUT2D eigenvalue weighted by Crippen LogP contribution is -2.62. The minimum absolute atomic E-state index is 0.0619. The van der Waals surface area contributed by atoms with E-state index in [1.54, 1.807) is 6.92 Å². The molecule has 3 rings (SSSR count). The summed E-state index contributed by atoms with van der Waals surface area (Å²) in [6, 6.07) is 2.89. The van der Waals surface area contributed by atoms with Crippen LogP contribution in [-0.2, 0) is 23.5 Å². The van der Waals surface area contributed by atoms with Crippen LogP contribution in [0.15, 0.2) is 23.5 Å². The number of hydrogen-bond acceptors (Lipinski definition) is 7. The number of Topliss-reactive ketones (excluding diaryl/α,β-unsaturated/α-hetero) is 1. The van der Waals surface area contributed by atoms with Crippen molar-refractivity contribution in [2.24, 2.45) is 16.7 Å². The van der Waals surface area contributed by atoms with Crippen LogP contribution >= 0.6 is 12.2 Å². The zero-order chi connectivity index (χ0) is 36.4. The maximum Gasteiger partial charge on any atom is 0.358 e. The molecular formula is C35H47F5O6SSi. The highest BCUT2D eigenvalue weighted by atomic mass is 32.1. The molecule has 0 amide bonds. The maximum absolute atomic E-state index is 14.5. The molecule has 0 aromatic heterocycles. The summed E-state index contributed by atoms with van der Waals surface area (Å²) in [4.78, 5) is 28.1. The Hall–Kier alpha value is -2.64. The SMILES string of the molecule is CC[Si](CC)(CC)OC(C)(C)CCCC1(C)C(OC(=S)Oc2c(F)c(F)c(F)c(F)c2F)CC2(CC=C(C)C)C(=O)C1C(=O)C=C2OC. The number of fused-ring (bicyclic) bond motifs is 2. The van der Waals surface area contributed by atoms with Gasteiger partial charge in [-0.1, -0.05) is 39.3 Å². The largest absolute Gasteiger partial charge is 0.500 e. The summed E-state index contributed by atoms with van der Waals surface area (Å²) in [7, 11) is -0.616. The highest BCUT2D eigenvalue weighted by molar-refractivity contribution is 7.79. The Balaban J connectivity index is 2.05. The van der Waals surface area contributed by atoms with E-state index in [1.165, 1.54) is 13.2 Å². The van der Waals surface area contributed by atoms with Crippen molar-refractivity contribution in [3.05, 3.63) is 52.6 Å². The third-order valence-electron chi connectivity index (χ3n) is 10.3. The van der Waals surface area contributed by atoms with Gasteiger partial charge in [-0.3, -0.25) is 9.59 Å².